The first-order chi connectivity index (χ1) is 16.8. The van der Waals surface area contributed by atoms with Crippen LogP contribution in [0.1, 0.15) is 13.8 Å². The second-order valence-electron chi connectivity index (χ2n) is 8.05. The topological polar surface area (TPSA) is 107 Å². The van der Waals surface area contributed by atoms with Crippen LogP contribution in [-0.4, -0.2) is 26.5 Å². The van der Waals surface area contributed by atoms with Gasteiger partial charge in [-0.15, -0.1) is 11.3 Å². The van der Waals surface area contributed by atoms with Gasteiger partial charge < -0.3 is 9.32 Å². The molecule has 0 atom stereocenters. The van der Waals surface area contributed by atoms with Gasteiger partial charge in [0.2, 0.25) is 10.0 Å². The molecule has 0 aliphatic carbocycles. The molecule has 3 aromatic carbocycles. The Balaban J connectivity index is 1.80. The lowest BCUT2D eigenvalue weighted by molar-refractivity contribution is 0.564. The summed E-state index contributed by atoms with van der Waals surface area (Å²) in [6.07, 6.45) is 0. The van der Waals surface area contributed by atoms with E-state index in [1.54, 1.807) is 6.07 Å². The number of rotatable bonds is 6. The molecular weight excluding hydrogens is 482 g/mol. The van der Waals surface area contributed by atoms with E-state index in [0.29, 0.717) is 26.4 Å². The third-order valence-corrected chi connectivity index (χ3v) is 7.93. The molecule has 0 aliphatic heterocycles. The van der Waals surface area contributed by atoms with Crippen molar-refractivity contribution in [3.63, 3.8) is 0 Å². The van der Waals surface area contributed by atoms with Crippen molar-refractivity contribution in [3.8, 4) is 21.7 Å². The maximum absolute atomic E-state index is 13.4. The van der Waals surface area contributed by atoms with Crippen molar-refractivity contribution in [3.05, 3.63) is 77.2 Å². The molecule has 0 bridgehead atoms. The van der Waals surface area contributed by atoms with Crippen LogP contribution < -0.4 is 15.7 Å². The first kappa shape index (κ1) is 23.2. The van der Waals surface area contributed by atoms with Gasteiger partial charge in [0.25, 0.3) is 0 Å². The molecule has 35 heavy (non-hydrogen) atoms. The maximum Gasteiger partial charge on any atom is 0.347 e. The van der Waals surface area contributed by atoms with Crippen LogP contribution in [0.5, 0.6) is 0 Å². The smallest absolute Gasteiger partial charge is 0.347 e. The second kappa shape index (κ2) is 8.92. The van der Waals surface area contributed by atoms with Crippen LogP contribution in [0.3, 0.4) is 0 Å². The van der Waals surface area contributed by atoms with E-state index in [0.717, 1.165) is 35.3 Å². The summed E-state index contributed by atoms with van der Waals surface area (Å²) in [6, 6.07) is 20.0. The molecule has 0 unspecified atom stereocenters. The molecule has 0 saturated carbocycles. The fourth-order valence-corrected chi connectivity index (χ4v) is 5.92. The van der Waals surface area contributed by atoms with Crippen LogP contribution in [-0.2, 0) is 10.0 Å². The van der Waals surface area contributed by atoms with Crippen LogP contribution in [0, 0.1) is 0 Å². The van der Waals surface area contributed by atoms with Crippen LogP contribution in [0.2, 0.25) is 0 Å². The standard InChI is InChI=1S/C26H23N3O4S2/c1-3-29(4-2)17-10-12-19-21(14-17)33-26(30)24(23(19)16-8-6-5-7-9-16)25-28-20-13-11-18(35(27,31)32)15-22(20)34-25/h5-15H,3-4H2,1-2H3,(H2,27,31,32). The molecule has 5 rings (SSSR count). The van der Waals surface area contributed by atoms with Crippen molar-refractivity contribution >= 4 is 48.2 Å². The monoisotopic (exact) mass is 505 g/mol. The molecule has 178 valence electrons. The van der Waals surface area contributed by atoms with Crippen molar-refractivity contribution in [2.75, 3.05) is 18.0 Å². The lowest BCUT2D eigenvalue weighted by Gasteiger charge is -2.21. The molecule has 0 fully saturated rings. The molecule has 2 N–H and O–H groups in total. The molecular formula is C26H23N3O4S2. The Morgan fingerprint density at radius 2 is 1.71 bits per heavy atom. The summed E-state index contributed by atoms with van der Waals surface area (Å²) >= 11 is 1.23. The average Bonchev–Trinajstić information content (AvgIpc) is 3.27. The largest absolute Gasteiger partial charge is 0.422 e. The third-order valence-electron chi connectivity index (χ3n) is 5.98. The number of fused-ring (bicyclic) bond motifs is 2. The van der Waals surface area contributed by atoms with Gasteiger partial charge in [0, 0.05) is 35.8 Å². The minimum atomic E-state index is -3.86. The molecule has 0 aliphatic rings. The molecule has 9 heteroatoms. The Bertz CT molecular complexity index is 1720. The molecule has 0 saturated heterocycles. The highest BCUT2D eigenvalue weighted by Crippen LogP contribution is 2.40. The van der Waals surface area contributed by atoms with Gasteiger partial charge in [-0.1, -0.05) is 30.3 Å². The summed E-state index contributed by atoms with van der Waals surface area (Å²) in [5.74, 6) is 0. The van der Waals surface area contributed by atoms with E-state index in [1.807, 2.05) is 48.5 Å². The number of benzene rings is 3. The first-order valence-corrected chi connectivity index (χ1v) is 13.5. The fraction of sp³-hybridized carbons (Fsp3) is 0.154. The molecule has 5 aromatic rings. The van der Waals surface area contributed by atoms with E-state index in [-0.39, 0.29) is 4.90 Å². The van der Waals surface area contributed by atoms with Crippen molar-refractivity contribution in [2.45, 2.75) is 18.7 Å². The fourth-order valence-electron chi connectivity index (χ4n) is 4.26. The zero-order valence-electron chi connectivity index (χ0n) is 19.2. The summed E-state index contributed by atoms with van der Waals surface area (Å²) in [7, 11) is -3.86. The summed E-state index contributed by atoms with van der Waals surface area (Å²) < 4.78 is 30.1. The quantitative estimate of drug-likeness (QED) is 0.317. The van der Waals surface area contributed by atoms with E-state index in [2.05, 4.69) is 23.7 Å². The van der Waals surface area contributed by atoms with Crippen LogP contribution >= 0.6 is 11.3 Å². The Morgan fingerprint density at radius 1 is 0.971 bits per heavy atom. The number of sulfonamides is 1. The highest BCUT2D eigenvalue weighted by atomic mass is 32.2. The van der Waals surface area contributed by atoms with Crippen LogP contribution in [0.25, 0.3) is 42.9 Å². The highest BCUT2D eigenvalue weighted by Gasteiger charge is 2.22. The maximum atomic E-state index is 13.4. The Hall–Kier alpha value is -3.53. The van der Waals surface area contributed by atoms with E-state index in [4.69, 9.17) is 9.56 Å². The Morgan fingerprint density at radius 3 is 2.40 bits per heavy atom. The summed E-state index contributed by atoms with van der Waals surface area (Å²) in [5, 5.41) is 6.54. The summed E-state index contributed by atoms with van der Waals surface area (Å²) in [5.41, 5.74) is 3.49. The summed E-state index contributed by atoms with van der Waals surface area (Å²) in [6.45, 7) is 5.83. The SMILES string of the molecule is CCN(CC)c1ccc2c(-c3ccccc3)c(-c3nc4ccc(S(N)(=O)=O)cc4s3)c(=O)oc2c1. The number of thiazole rings is 1. The van der Waals surface area contributed by atoms with Crippen molar-refractivity contribution in [1.29, 1.82) is 0 Å². The molecule has 0 spiro atoms. The number of nitrogens with zero attached hydrogens (tertiary/aromatic N) is 2. The average molecular weight is 506 g/mol. The molecule has 2 aromatic heterocycles. The van der Waals surface area contributed by atoms with Crippen LogP contribution in [0.4, 0.5) is 5.69 Å². The second-order valence-corrected chi connectivity index (χ2v) is 10.6. The van der Waals surface area contributed by atoms with Gasteiger partial charge in [0.15, 0.2) is 0 Å². The van der Waals surface area contributed by atoms with Gasteiger partial charge in [-0.25, -0.2) is 23.3 Å². The first-order valence-electron chi connectivity index (χ1n) is 11.1. The molecule has 0 radical (unpaired) electrons. The number of anilines is 1. The van der Waals surface area contributed by atoms with E-state index < -0.39 is 15.6 Å². The highest BCUT2D eigenvalue weighted by molar-refractivity contribution is 7.89. The lowest BCUT2D eigenvalue weighted by atomic mass is 9.97. The predicted octanol–water partition coefficient (Wildman–Crippen LogP) is 5.23. The van der Waals surface area contributed by atoms with E-state index in [9.17, 15) is 13.2 Å². The Kier molecular flexibility index (Phi) is 5.92. The van der Waals surface area contributed by atoms with E-state index >= 15 is 0 Å². The zero-order chi connectivity index (χ0) is 24.7. The minimum Gasteiger partial charge on any atom is -0.422 e. The normalized spacial score (nSPS) is 11.9. The molecule has 0 amide bonds. The van der Waals surface area contributed by atoms with E-state index in [1.165, 1.54) is 23.5 Å². The van der Waals surface area contributed by atoms with Gasteiger partial charge >= 0.3 is 5.63 Å². The van der Waals surface area contributed by atoms with Crippen molar-refractivity contribution in [1.82, 2.24) is 4.98 Å². The van der Waals surface area contributed by atoms with Gasteiger partial charge in [0.1, 0.15) is 16.2 Å². The predicted molar refractivity (Wildman–Crippen MR) is 141 cm³/mol. The van der Waals surface area contributed by atoms with Crippen molar-refractivity contribution in [2.24, 2.45) is 5.14 Å². The number of hydrogen-bond donors (Lipinski definition) is 1. The summed E-state index contributed by atoms with van der Waals surface area (Å²) in [4.78, 5) is 20.3. The lowest BCUT2D eigenvalue weighted by Crippen LogP contribution is -2.21. The number of nitrogens with two attached hydrogens (primary N) is 1. The minimum absolute atomic E-state index is 0.00189. The number of aromatic nitrogens is 1. The van der Waals surface area contributed by atoms with Gasteiger partial charge in [-0.2, -0.15) is 0 Å². The van der Waals surface area contributed by atoms with Gasteiger partial charge in [0.05, 0.1) is 15.1 Å². The number of hydrogen-bond acceptors (Lipinski definition) is 7. The van der Waals surface area contributed by atoms with Crippen molar-refractivity contribution < 1.29 is 12.8 Å². The van der Waals surface area contributed by atoms with Gasteiger partial charge in [-0.05, 0) is 49.7 Å². The number of primary sulfonamides is 1. The van der Waals surface area contributed by atoms with Crippen LogP contribution in [0.15, 0.2) is 80.8 Å². The Labute approximate surface area is 206 Å². The zero-order valence-corrected chi connectivity index (χ0v) is 20.8. The third kappa shape index (κ3) is 4.22. The molecule has 7 nitrogen and oxygen atoms in total. The molecule has 2 heterocycles. The van der Waals surface area contributed by atoms with Gasteiger partial charge in [-0.3, -0.25) is 0 Å².